The zero-order chi connectivity index (χ0) is 16.4. The van der Waals surface area contributed by atoms with Crippen molar-refractivity contribution in [3.63, 3.8) is 0 Å². The number of fused-ring (bicyclic) bond motifs is 1. The van der Waals surface area contributed by atoms with Crippen molar-refractivity contribution in [1.29, 1.82) is 0 Å². The first kappa shape index (κ1) is 15.6. The van der Waals surface area contributed by atoms with Crippen LogP contribution in [0.3, 0.4) is 0 Å². The third-order valence-electron chi connectivity index (χ3n) is 4.53. The van der Waals surface area contributed by atoms with Crippen molar-refractivity contribution in [3.8, 4) is 11.5 Å². The topological polar surface area (TPSA) is 67.9 Å². The zero-order valence-corrected chi connectivity index (χ0v) is 13.5. The third kappa shape index (κ3) is 3.11. The van der Waals surface area contributed by atoms with E-state index in [2.05, 4.69) is 5.32 Å². The highest BCUT2D eigenvalue weighted by atomic mass is 16.7. The van der Waals surface area contributed by atoms with Crippen molar-refractivity contribution in [2.75, 3.05) is 6.79 Å². The van der Waals surface area contributed by atoms with Crippen molar-refractivity contribution in [1.82, 2.24) is 10.2 Å². The van der Waals surface area contributed by atoms with Crippen LogP contribution in [-0.4, -0.2) is 35.6 Å². The summed E-state index contributed by atoms with van der Waals surface area (Å²) < 4.78 is 10.6. The van der Waals surface area contributed by atoms with Gasteiger partial charge < -0.3 is 19.7 Å². The summed E-state index contributed by atoms with van der Waals surface area (Å²) >= 11 is 0. The molecule has 1 aromatic carbocycles. The molecule has 6 nitrogen and oxygen atoms in total. The number of ether oxygens (including phenoxy) is 2. The summed E-state index contributed by atoms with van der Waals surface area (Å²) in [5.74, 6) is 1.41. The van der Waals surface area contributed by atoms with Gasteiger partial charge in [-0.15, -0.1) is 0 Å². The minimum Gasteiger partial charge on any atom is -0.454 e. The number of carbonyl (C=O) groups excluding carboxylic acids is 2. The van der Waals surface area contributed by atoms with E-state index in [1.165, 1.54) is 0 Å². The summed E-state index contributed by atoms with van der Waals surface area (Å²) in [6.07, 6.45) is 1.89. The van der Waals surface area contributed by atoms with Crippen LogP contribution in [0.4, 0.5) is 0 Å². The molecule has 3 rings (SSSR count). The Morgan fingerprint density at radius 2 is 2.17 bits per heavy atom. The molecular formula is C17H22N2O4. The Morgan fingerprint density at radius 3 is 2.96 bits per heavy atom. The SMILES string of the molecule is CC[C@H](C)N1C(=O)CC[C@@H]1C(=O)NCc1ccc2c(c1)OCO2. The summed E-state index contributed by atoms with van der Waals surface area (Å²) in [5.41, 5.74) is 0.946. The Kier molecular flexibility index (Phi) is 4.41. The molecule has 0 unspecified atom stereocenters. The van der Waals surface area contributed by atoms with E-state index in [-0.39, 0.29) is 30.7 Å². The summed E-state index contributed by atoms with van der Waals surface area (Å²) in [6, 6.07) is 5.35. The zero-order valence-electron chi connectivity index (χ0n) is 13.5. The molecule has 0 aromatic heterocycles. The molecule has 0 bridgehead atoms. The van der Waals surface area contributed by atoms with Gasteiger partial charge in [-0.25, -0.2) is 0 Å². The minimum atomic E-state index is -0.355. The van der Waals surface area contributed by atoms with Crippen molar-refractivity contribution in [2.24, 2.45) is 0 Å². The molecule has 23 heavy (non-hydrogen) atoms. The van der Waals surface area contributed by atoms with Crippen LogP contribution in [0.1, 0.15) is 38.7 Å². The highest BCUT2D eigenvalue weighted by molar-refractivity contribution is 5.91. The second kappa shape index (κ2) is 6.48. The van der Waals surface area contributed by atoms with Gasteiger partial charge >= 0.3 is 0 Å². The first-order chi connectivity index (χ1) is 11.1. The molecule has 1 fully saturated rings. The number of hydrogen-bond acceptors (Lipinski definition) is 4. The number of likely N-dealkylation sites (tertiary alicyclic amines) is 1. The van der Waals surface area contributed by atoms with Crippen molar-refractivity contribution in [2.45, 2.75) is 51.7 Å². The first-order valence-corrected chi connectivity index (χ1v) is 8.07. The van der Waals surface area contributed by atoms with Gasteiger partial charge in [0.05, 0.1) is 0 Å². The lowest BCUT2D eigenvalue weighted by Crippen LogP contribution is -2.48. The average molecular weight is 318 g/mol. The number of benzene rings is 1. The van der Waals surface area contributed by atoms with E-state index in [0.29, 0.717) is 25.1 Å². The van der Waals surface area contributed by atoms with Gasteiger partial charge in [0, 0.05) is 19.0 Å². The Labute approximate surface area is 135 Å². The molecule has 1 saturated heterocycles. The van der Waals surface area contributed by atoms with Gasteiger partial charge in [-0.1, -0.05) is 13.0 Å². The largest absolute Gasteiger partial charge is 0.454 e. The fourth-order valence-electron chi connectivity index (χ4n) is 3.07. The lowest BCUT2D eigenvalue weighted by atomic mass is 10.1. The van der Waals surface area contributed by atoms with Crippen molar-refractivity contribution in [3.05, 3.63) is 23.8 Å². The maximum absolute atomic E-state index is 12.5. The number of rotatable bonds is 5. The van der Waals surface area contributed by atoms with Crippen LogP contribution in [-0.2, 0) is 16.1 Å². The fourth-order valence-corrected chi connectivity index (χ4v) is 3.07. The van der Waals surface area contributed by atoms with E-state index in [0.717, 1.165) is 17.7 Å². The Morgan fingerprint density at radius 1 is 1.39 bits per heavy atom. The predicted molar refractivity (Wildman–Crippen MR) is 84.0 cm³/mol. The summed E-state index contributed by atoms with van der Waals surface area (Å²) in [4.78, 5) is 26.2. The molecule has 1 N–H and O–H groups in total. The molecule has 2 heterocycles. The van der Waals surface area contributed by atoms with Crippen LogP contribution in [0.5, 0.6) is 11.5 Å². The quantitative estimate of drug-likeness (QED) is 0.899. The molecule has 0 aliphatic carbocycles. The molecule has 2 aliphatic heterocycles. The maximum Gasteiger partial charge on any atom is 0.243 e. The van der Waals surface area contributed by atoms with Crippen molar-refractivity contribution >= 4 is 11.8 Å². The monoisotopic (exact) mass is 318 g/mol. The molecule has 0 saturated carbocycles. The lowest BCUT2D eigenvalue weighted by Gasteiger charge is -2.29. The van der Waals surface area contributed by atoms with Gasteiger partial charge in [0.15, 0.2) is 11.5 Å². The van der Waals surface area contributed by atoms with Crippen LogP contribution in [0.15, 0.2) is 18.2 Å². The van der Waals surface area contributed by atoms with Gasteiger partial charge in [0.1, 0.15) is 6.04 Å². The lowest BCUT2D eigenvalue weighted by molar-refractivity contribution is -0.137. The standard InChI is InChI=1S/C17H22N2O4/c1-3-11(2)19-13(5-7-16(19)20)17(21)18-9-12-4-6-14-15(8-12)23-10-22-14/h4,6,8,11,13H,3,5,7,9-10H2,1-2H3,(H,18,21)/t11-,13+/m0/s1. The summed E-state index contributed by atoms with van der Waals surface area (Å²) in [5, 5.41) is 2.93. The maximum atomic E-state index is 12.5. The first-order valence-electron chi connectivity index (χ1n) is 8.07. The molecule has 1 aromatic rings. The van der Waals surface area contributed by atoms with Gasteiger partial charge in [-0.3, -0.25) is 9.59 Å². The van der Waals surface area contributed by atoms with E-state index in [4.69, 9.17) is 9.47 Å². The van der Waals surface area contributed by atoms with Crippen LogP contribution >= 0.6 is 0 Å². The van der Waals surface area contributed by atoms with Crippen LogP contribution in [0.25, 0.3) is 0 Å². The predicted octanol–water partition coefficient (Wildman–Crippen LogP) is 1.82. The molecule has 6 heteroatoms. The average Bonchev–Trinajstić information content (AvgIpc) is 3.17. The number of nitrogens with zero attached hydrogens (tertiary/aromatic N) is 1. The number of carbonyl (C=O) groups is 2. The third-order valence-corrected chi connectivity index (χ3v) is 4.53. The Balaban J connectivity index is 1.61. The highest BCUT2D eigenvalue weighted by Gasteiger charge is 2.38. The van der Waals surface area contributed by atoms with Crippen LogP contribution < -0.4 is 14.8 Å². The van der Waals surface area contributed by atoms with E-state index >= 15 is 0 Å². The van der Waals surface area contributed by atoms with Crippen molar-refractivity contribution < 1.29 is 19.1 Å². The van der Waals surface area contributed by atoms with E-state index < -0.39 is 0 Å². The van der Waals surface area contributed by atoms with E-state index in [1.54, 1.807) is 4.90 Å². The van der Waals surface area contributed by atoms with Gasteiger partial charge in [0.25, 0.3) is 0 Å². The highest BCUT2D eigenvalue weighted by Crippen LogP contribution is 2.32. The smallest absolute Gasteiger partial charge is 0.243 e. The number of nitrogens with one attached hydrogen (secondary N) is 1. The van der Waals surface area contributed by atoms with Crippen LogP contribution in [0.2, 0.25) is 0 Å². The van der Waals surface area contributed by atoms with E-state index in [1.807, 2.05) is 32.0 Å². The van der Waals surface area contributed by atoms with Gasteiger partial charge in [-0.05, 0) is 37.5 Å². The van der Waals surface area contributed by atoms with Crippen LogP contribution in [0, 0.1) is 0 Å². The molecule has 2 amide bonds. The second-order valence-electron chi connectivity index (χ2n) is 6.02. The second-order valence-corrected chi connectivity index (χ2v) is 6.02. The molecule has 0 radical (unpaired) electrons. The number of hydrogen-bond donors (Lipinski definition) is 1. The van der Waals surface area contributed by atoms with Gasteiger partial charge in [0.2, 0.25) is 18.6 Å². The molecule has 124 valence electrons. The molecular weight excluding hydrogens is 296 g/mol. The normalized spacial score (nSPS) is 20.7. The molecule has 0 spiro atoms. The number of amides is 2. The Bertz CT molecular complexity index is 617. The summed E-state index contributed by atoms with van der Waals surface area (Å²) in [7, 11) is 0. The van der Waals surface area contributed by atoms with Gasteiger partial charge in [-0.2, -0.15) is 0 Å². The molecule has 2 atom stereocenters. The Hall–Kier alpha value is -2.24. The fraction of sp³-hybridized carbons (Fsp3) is 0.529. The minimum absolute atomic E-state index is 0.0718. The summed E-state index contributed by atoms with van der Waals surface area (Å²) in [6.45, 7) is 4.66. The molecule has 2 aliphatic rings. The van der Waals surface area contributed by atoms with E-state index in [9.17, 15) is 9.59 Å².